The molecule has 0 radical (unpaired) electrons. The minimum absolute atomic E-state index is 0.492. The molecule has 0 spiro atoms. The molecule has 80 valence electrons. The van der Waals surface area contributed by atoms with Crippen molar-refractivity contribution < 1.29 is 4.74 Å². The molecule has 0 amide bonds. The molecular formula is C12H10N2OS. The van der Waals surface area contributed by atoms with Crippen molar-refractivity contribution in [2.24, 2.45) is 0 Å². The second-order valence-electron chi connectivity index (χ2n) is 3.24. The van der Waals surface area contributed by atoms with Gasteiger partial charge in [-0.25, -0.2) is 4.98 Å². The van der Waals surface area contributed by atoms with Crippen LogP contribution in [0.5, 0.6) is 5.75 Å². The molecule has 0 aliphatic rings. The Morgan fingerprint density at radius 1 is 1.38 bits per heavy atom. The lowest BCUT2D eigenvalue weighted by Crippen LogP contribution is -1.86. The van der Waals surface area contributed by atoms with Gasteiger partial charge in [-0.15, -0.1) is 11.3 Å². The highest BCUT2D eigenvalue weighted by Crippen LogP contribution is 2.33. The zero-order chi connectivity index (χ0) is 11.5. The molecule has 2 aromatic rings. The molecule has 2 rings (SSSR count). The number of rotatable bonds is 2. The van der Waals surface area contributed by atoms with E-state index in [9.17, 15) is 0 Å². The Bertz CT molecular complexity index is 554. The first-order valence-corrected chi connectivity index (χ1v) is 5.59. The summed E-state index contributed by atoms with van der Waals surface area (Å²) in [5.41, 5.74) is 1.42. The predicted molar refractivity (Wildman–Crippen MR) is 63.6 cm³/mol. The number of thiazole rings is 1. The first-order valence-electron chi connectivity index (χ1n) is 4.77. The average molecular weight is 230 g/mol. The lowest BCUT2D eigenvalue weighted by molar-refractivity contribution is 0.416. The van der Waals surface area contributed by atoms with E-state index >= 15 is 0 Å². The topological polar surface area (TPSA) is 45.9 Å². The van der Waals surface area contributed by atoms with Gasteiger partial charge in [-0.05, 0) is 19.1 Å². The minimum Gasteiger partial charge on any atom is -0.496 e. The summed E-state index contributed by atoms with van der Waals surface area (Å²) in [6.07, 6.45) is 0. The summed E-state index contributed by atoms with van der Waals surface area (Å²) >= 11 is 1.51. The van der Waals surface area contributed by atoms with Crippen molar-refractivity contribution in [3.05, 3.63) is 34.8 Å². The Labute approximate surface area is 97.9 Å². The van der Waals surface area contributed by atoms with Crippen LogP contribution in [-0.2, 0) is 0 Å². The van der Waals surface area contributed by atoms with Gasteiger partial charge in [-0.2, -0.15) is 5.26 Å². The summed E-state index contributed by atoms with van der Waals surface area (Å²) in [4.78, 5) is 5.22. The molecular weight excluding hydrogens is 220 g/mol. The first-order chi connectivity index (χ1) is 7.76. The summed E-state index contributed by atoms with van der Waals surface area (Å²) in [7, 11) is 1.63. The molecule has 0 saturated carbocycles. The number of nitrogens with zero attached hydrogens (tertiary/aromatic N) is 2. The Hall–Kier alpha value is -1.86. The van der Waals surface area contributed by atoms with E-state index in [4.69, 9.17) is 10.00 Å². The highest BCUT2D eigenvalue weighted by atomic mass is 32.1. The summed E-state index contributed by atoms with van der Waals surface area (Å²) in [6, 6.07) is 9.75. The highest BCUT2D eigenvalue weighted by Gasteiger charge is 2.12. The number of hydrogen-bond donors (Lipinski definition) is 0. The number of aromatic nitrogens is 1. The van der Waals surface area contributed by atoms with Crippen LogP contribution >= 0.6 is 11.3 Å². The number of aryl methyl sites for hydroxylation is 1. The van der Waals surface area contributed by atoms with Gasteiger partial charge >= 0.3 is 0 Å². The van der Waals surface area contributed by atoms with Crippen LogP contribution in [0.15, 0.2) is 24.3 Å². The Morgan fingerprint density at radius 2 is 2.12 bits per heavy atom. The van der Waals surface area contributed by atoms with Crippen LogP contribution in [0.2, 0.25) is 0 Å². The van der Waals surface area contributed by atoms with Gasteiger partial charge in [0.15, 0.2) is 5.69 Å². The number of hydrogen-bond acceptors (Lipinski definition) is 4. The quantitative estimate of drug-likeness (QED) is 0.796. The van der Waals surface area contributed by atoms with Crippen molar-refractivity contribution in [2.45, 2.75) is 6.92 Å². The van der Waals surface area contributed by atoms with Gasteiger partial charge in [0, 0.05) is 4.88 Å². The molecule has 1 aromatic carbocycles. The summed E-state index contributed by atoms with van der Waals surface area (Å²) in [5.74, 6) is 0.778. The van der Waals surface area contributed by atoms with Crippen LogP contribution in [0, 0.1) is 18.3 Å². The van der Waals surface area contributed by atoms with E-state index < -0.39 is 0 Å². The molecule has 0 unspecified atom stereocenters. The van der Waals surface area contributed by atoms with Gasteiger partial charge in [0.25, 0.3) is 0 Å². The van der Waals surface area contributed by atoms with E-state index in [1.165, 1.54) is 11.3 Å². The molecule has 0 aliphatic heterocycles. The van der Waals surface area contributed by atoms with Crippen molar-refractivity contribution in [1.82, 2.24) is 4.98 Å². The molecule has 0 N–H and O–H groups in total. The minimum atomic E-state index is 0.492. The maximum atomic E-state index is 8.87. The van der Waals surface area contributed by atoms with E-state index in [1.807, 2.05) is 31.2 Å². The van der Waals surface area contributed by atoms with Crippen molar-refractivity contribution in [3.63, 3.8) is 0 Å². The second kappa shape index (κ2) is 4.33. The second-order valence-corrected chi connectivity index (χ2v) is 4.44. The van der Waals surface area contributed by atoms with Gasteiger partial charge in [0.2, 0.25) is 0 Å². The van der Waals surface area contributed by atoms with E-state index in [2.05, 4.69) is 11.1 Å². The average Bonchev–Trinajstić information content (AvgIpc) is 2.70. The van der Waals surface area contributed by atoms with Gasteiger partial charge < -0.3 is 4.74 Å². The number of methoxy groups -OCH3 is 1. The van der Waals surface area contributed by atoms with Gasteiger partial charge in [-0.1, -0.05) is 12.1 Å². The SMILES string of the molecule is COc1ccccc1-c1nc(C#N)c(C)s1. The predicted octanol–water partition coefficient (Wildman–Crippen LogP) is 3.00. The largest absolute Gasteiger partial charge is 0.496 e. The lowest BCUT2D eigenvalue weighted by Gasteiger charge is -2.04. The fourth-order valence-corrected chi connectivity index (χ4v) is 2.33. The van der Waals surface area contributed by atoms with E-state index in [1.54, 1.807) is 7.11 Å². The zero-order valence-corrected chi connectivity index (χ0v) is 9.84. The van der Waals surface area contributed by atoms with Crippen molar-refractivity contribution in [1.29, 1.82) is 5.26 Å². The van der Waals surface area contributed by atoms with Gasteiger partial charge in [0.1, 0.15) is 16.8 Å². The molecule has 0 atom stereocenters. The van der Waals surface area contributed by atoms with Crippen LogP contribution in [0.4, 0.5) is 0 Å². The smallest absolute Gasteiger partial charge is 0.155 e. The lowest BCUT2D eigenvalue weighted by atomic mass is 10.2. The molecule has 1 aromatic heterocycles. The van der Waals surface area contributed by atoms with Crippen LogP contribution in [0.3, 0.4) is 0 Å². The number of ether oxygens (including phenoxy) is 1. The summed E-state index contributed by atoms with van der Waals surface area (Å²) in [6.45, 7) is 1.90. The third-order valence-corrected chi connectivity index (χ3v) is 3.24. The maximum Gasteiger partial charge on any atom is 0.155 e. The summed E-state index contributed by atoms with van der Waals surface area (Å²) < 4.78 is 5.27. The van der Waals surface area contributed by atoms with E-state index in [-0.39, 0.29) is 0 Å². The number of nitriles is 1. The first kappa shape index (κ1) is 10.7. The molecule has 0 aliphatic carbocycles. The van der Waals surface area contributed by atoms with Crippen LogP contribution in [0.1, 0.15) is 10.6 Å². The third kappa shape index (κ3) is 1.77. The van der Waals surface area contributed by atoms with Crippen molar-refractivity contribution >= 4 is 11.3 Å². The Kier molecular flexibility index (Phi) is 2.88. The van der Waals surface area contributed by atoms with Gasteiger partial charge in [0.05, 0.1) is 12.7 Å². The molecule has 3 nitrogen and oxygen atoms in total. The fourth-order valence-electron chi connectivity index (χ4n) is 1.44. The number of para-hydroxylation sites is 1. The normalized spacial score (nSPS) is 9.81. The molecule has 16 heavy (non-hydrogen) atoms. The Morgan fingerprint density at radius 3 is 2.75 bits per heavy atom. The number of benzene rings is 1. The van der Waals surface area contributed by atoms with E-state index in [0.717, 1.165) is 21.2 Å². The molecule has 4 heteroatoms. The highest BCUT2D eigenvalue weighted by molar-refractivity contribution is 7.15. The van der Waals surface area contributed by atoms with Crippen LogP contribution in [0.25, 0.3) is 10.6 Å². The van der Waals surface area contributed by atoms with Crippen molar-refractivity contribution in [2.75, 3.05) is 7.11 Å². The molecule has 0 saturated heterocycles. The standard InChI is InChI=1S/C12H10N2OS/c1-8-10(7-13)14-12(16-8)9-5-3-4-6-11(9)15-2/h3-6H,1-2H3. The van der Waals surface area contributed by atoms with Crippen molar-refractivity contribution in [3.8, 4) is 22.4 Å². The molecule has 1 heterocycles. The zero-order valence-electron chi connectivity index (χ0n) is 9.02. The third-order valence-electron chi connectivity index (χ3n) is 2.24. The van der Waals surface area contributed by atoms with Gasteiger partial charge in [-0.3, -0.25) is 0 Å². The molecule has 0 fully saturated rings. The van der Waals surface area contributed by atoms with Crippen LogP contribution < -0.4 is 4.74 Å². The monoisotopic (exact) mass is 230 g/mol. The molecule has 0 bridgehead atoms. The Balaban J connectivity index is 2.55. The van der Waals surface area contributed by atoms with Crippen LogP contribution in [-0.4, -0.2) is 12.1 Å². The maximum absolute atomic E-state index is 8.87. The van der Waals surface area contributed by atoms with E-state index in [0.29, 0.717) is 5.69 Å². The fraction of sp³-hybridized carbons (Fsp3) is 0.167. The summed E-state index contributed by atoms with van der Waals surface area (Å²) in [5, 5.41) is 9.69.